The first-order valence-corrected chi connectivity index (χ1v) is 10.4. The van der Waals surface area contributed by atoms with Crippen LogP contribution < -0.4 is 0 Å². The molecule has 3 heteroatoms. The van der Waals surface area contributed by atoms with Gasteiger partial charge in [-0.1, -0.05) is 60.2 Å². The van der Waals surface area contributed by atoms with E-state index in [2.05, 4.69) is 46.3 Å². The molecule has 6 aromatic rings. The Balaban J connectivity index is 1.71. The molecule has 2 aromatic heterocycles. The van der Waals surface area contributed by atoms with E-state index in [1.807, 2.05) is 36.4 Å². The maximum atomic E-state index is 7.85. The highest BCUT2D eigenvalue weighted by molar-refractivity contribution is 7.17. The van der Waals surface area contributed by atoms with E-state index >= 15 is 0 Å². The fraction of sp³-hybridized carbons (Fsp3) is 0.0385. The van der Waals surface area contributed by atoms with Crippen LogP contribution >= 0.6 is 11.3 Å². The van der Waals surface area contributed by atoms with E-state index in [1.165, 1.54) is 0 Å². The predicted octanol–water partition coefficient (Wildman–Crippen LogP) is 7.37. The van der Waals surface area contributed by atoms with Crippen molar-refractivity contribution in [1.29, 1.82) is 0 Å². The second-order valence-electron chi connectivity index (χ2n) is 7.12. The number of benzene rings is 4. The Bertz CT molecular complexity index is 1620. The third kappa shape index (κ3) is 2.51. The molecule has 0 amide bonds. The number of fused-ring (bicyclic) bond motifs is 3. The predicted molar refractivity (Wildman–Crippen MR) is 124 cm³/mol. The van der Waals surface area contributed by atoms with Crippen molar-refractivity contribution in [2.45, 2.75) is 6.85 Å². The monoisotopic (exact) mass is 393 g/mol. The van der Waals surface area contributed by atoms with Crippen molar-refractivity contribution in [2.24, 2.45) is 0 Å². The number of aromatic nitrogens is 2. The number of hydrogen-bond acceptors (Lipinski definition) is 2. The van der Waals surface area contributed by atoms with E-state index in [0.717, 1.165) is 49.0 Å². The molecule has 0 aliphatic heterocycles. The van der Waals surface area contributed by atoms with Crippen LogP contribution in [0.1, 0.15) is 9.68 Å². The number of nitrogens with zero attached hydrogens (tertiary/aromatic N) is 2. The molecule has 0 saturated carbocycles. The lowest BCUT2D eigenvalue weighted by atomic mass is 10.1. The van der Waals surface area contributed by atoms with Gasteiger partial charge >= 0.3 is 0 Å². The number of aryl methyl sites for hydroxylation is 1. The average Bonchev–Trinajstić information content (AvgIpc) is 3.39. The lowest BCUT2D eigenvalue weighted by molar-refractivity contribution is 1.12. The van der Waals surface area contributed by atoms with Gasteiger partial charge < -0.3 is 0 Å². The fourth-order valence-corrected chi connectivity index (χ4v) is 4.98. The Hall–Kier alpha value is -3.43. The van der Waals surface area contributed by atoms with Crippen LogP contribution in [0.3, 0.4) is 0 Å². The number of rotatable bonds is 2. The third-order valence-corrected chi connectivity index (χ3v) is 6.35. The normalized spacial score (nSPS) is 13.6. The summed E-state index contributed by atoms with van der Waals surface area (Å²) in [5.41, 5.74) is 4.27. The van der Waals surface area contributed by atoms with Gasteiger partial charge in [0.05, 0.1) is 16.7 Å². The van der Waals surface area contributed by atoms with Crippen molar-refractivity contribution in [3.05, 3.63) is 95.9 Å². The summed E-state index contributed by atoms with van der Waals surface area (Å²) in [4.78, 5) is 5.01. The zero-order valence-corrected chi connectivity index (χ0v) is 16.3. The standard InChI is InChI=1S/C26H18N2S/c1-17-13-14-25-20(15-17)21(16-29-25)26-27-22-10-4-5-11-24(22)28(26)23-12-6-8-18-7-2-3-9-19(18)23/h2-16H,1H3/i1D3. The largest absolute Gasteiger partial charge is 0.292 e. The smallest absolute Gasteiger partial charge is 0.147 e. The van der Waals surface area contributed by atoms with Gasteiger partial charge in [0.2, 0.25) is 0 Å². The molecule has 0 fully saturated rings. The summed E-state index contributed by atoms with van der Waals surface area (Å²) in [6, 6.07) is 28.1. The summed E-state index contributed by atoms with van der Waals surface area (Å²) >= 11 is 1.61. The Morgan fingerprint density at radius 1 is 0.862 bits per heavy atom. The molecule has 0 atom stereocenters. The quantitative estimate of drug-likeness (QED) is 0.300. The Morgan fingerprint density at radius 2 is 1.72 bits per heavy atom. The van der Waals surface area contributed by atoms with Crippen LogP contribution in [0.4, 0.5) is 0 Å². The highest BCUT2D eigenvalue weighted by atomic mass is 32.1. The molecule has 0 saturated heterocycles. The Labute approximate surface area is 176 Å². The van der Waals surface area contributed by atoms with Gasteiger partial charge in [-0.2, -0.15) is 0 Å². The molecule has 2 heterocycles. The zero-order chi connectivity index (χ0) is 21.9. The lowest BCUT2D eigenvalue weighted by Crippen LogP contribution is -1.98. The van der Waals surface area contributed by atoms with Crippen LogP contribution in [-0.4, -0.2) is 9.55 Å². The van der Waals surface area contributed by atoms with Crippen LogP contribution in [0.2, 0.25) is 0 Å². The first kappa shape index (κ1) is 13.7. The van der Waals surface area contributed by atoms with E-state index in [-0.39, 0.29) is 0 Å². The first-order valence-electron chi connectivity index (χ1n) is 11.0. The molecule has 0 aliphatic carbocycles. The molecule has 6 rings (SSSR count). The summed E-state index contributed by atoms with van der Waals surface area (Å²) in [5, 5.41) is 5.30. The van der Waals surface area contributed by atoms with E-state index in [9.17, 15) is 0 Å². The topological polar surface area (TPSA) is 17.8 Å². The Morgan fingerprint density at radius 3 is 2.69 bits per heavy atom. The second-order valence-corrected chi connectivity index (χ2v) is 8.03. The molecule has 0 radical (unpaired) electrons. The molecule has 138 valence electrons. The highest BCUT2D eigenvalue weighted by Gasteiger charge is 2.18. The van der Waals surface area contributed by atoms with Crippen LogP contribution in [0, 0.1) is 6.85 Å². The molecule has 0 N–H and O–H groups in total. The molecule has 0 unspecified atom stereocenters. The molecule has 0 spiro atoms. The minimum absolute atomic E-state index is 0.345. The van der Waals surface area contributed by atoms with Crippen molar-refractivity contribution >= 4 is 43.2 Å². The minimum atomic E-state index is -2.15. The summed E-state index contributed by atoms with van der Waals surface area (Å²) in [7, 11) is 0. The highest BCUT2D eigenvalue weighted by Crippen LogP contribution is 2.38. The van der Waals surface area contributed by atoms with Crippen molar-refractivity contribution in [2.75, 3.05) is 0 Å². The van der Waals surface area contributed by atoms with Gasteiger partial charge in [0, 0.05) is 30.5 Å². The van der Waals surface area contributed by atoms with Crippen LogP contribution in [0.15, 0.2) is 90.3 Å². The number of hydrogen-bond donors (Lipinski definition) is 0. The number of para-hydroxylation sites is 2. The molecule has 2 nitrogen and oxygen atoms in total. The van der Waals surface area contributed by atoms with Gasteiger partial charge in [0.25, 0.3) is 0 Å². The number of imidazole rings is 1. The first-order chi connectivity index (χ1) is 15.5. The average molecular weight is 394 g/mol. The number of thiophene rings is 1. The van der Waals surface area contributed by atoms with Gasteiger partial charge in [-0.3, -0.25) is 4.57 Å². The van der Waals surface area contributed by atoms with Crippen molar-refractivity contribution < 1.29 is 4.11 Å². The van der Waals surface area contributed by atoms with E-state index < -0.39 is 6.85 Å². The molecule has 0 bridgehead atoms. The molecule has 0 aliphatic rings. The van der Waals surface area contributed by atoms with Crippen molar-refractivity contribution in [1.82, 2.24) is 9.55 Å². The summed E-state index contributed by atoms with van der Waals surface area (Å²) < 4.78 is 26.8. The maximum Gasteiger partial charge on any atom is 0.147 e. The van der Waals surface area contributed by atoms with Gasteiger partial charge in [0.1, 0.15) is 5.82 Å². The van der Waals surface area contributed by atoms with Crippen molar-refractivity contribution in [3.8, 4) is 17.1 Å². The molecule has 29 heavy (non-hydrogen) atoms. The maximum absolute atomic E-state index is 7.85. The molecule has 4 aromatic carbocycles. The van der Waals surface area contributed by atoms with E-state index in [0.29, 0.717) is 5.56 Å². The van der Waals surface area contributed by atoms with Crippen LogP contribution in [0.5, 0.6) is 0 Å². The lowest BCUT2D eigenvalue weighted by Gasteiger charge is -2.12. The summed E-state index contributed by atoms with van der Waals surface area (Å²) in [6.07, 6.45) is 0. The third-order valence-electron chi connectivity index (χ3n) is 5.38. The van der Waals surface area contributed by atoms with Crippen LogP contribution in [0.25, 0.3) is 49.0 Å². The molecular weight excluding hydrogens is 372 g/mol. The van der Waals surface area contributed by atoms with Gasteiger partial charge in [0.15, 0.2) is 0 Å². The summed E-state index contributed by atoms with van der Waals surface area (Å²) in [5.74, 6) is 0.816. The van der Waals surface area contributed by atoms with E-state index in [4.69, 9.17) is 9.10 Å². The van der Waals surface area contributed by atoms with Crippen molar-refractivity contribution in [3.63, 3.8) is 0 Å². The zero-order valence-electron chi connectivity index (χ0n) is 18.5. The minimum Gasteiger partial charge on any atom is -0.292 e. The Kier molecular flexibility index (Phi) is 2.97. The van der Waals surface area contributed by atoms with Gasteiger partial charge in [-0.25, -0.2) is 4.98 Å². The second kappa shape index (κ2) is 6.29. The summed E-state index contributed by atoms with van der Waals surface area (Å²) in [6.45, 7) is -2.15. The SMILES string of the molecule is [2H]C([2H])([2H])c1ccc2scc(-c3nc4ccccc4n3-c3cccc4ccccc34)c2c1. The van der Waals surface area contributed by atoms with Crippen LogP contribution in [-0.2, 0) is 0 Å². The van der Waals surface area contributed by atoms with Gasteiger partial charge in [-0.15, -0.1) is 11.3 Å². The van der Waals surface area contributed by atoms with Gasteiger partial charge in [-0.05, 0) is 42.6 Å². The molecular formula is C26H18N2S. The van der Waals surface area contributed by atoms with E-state index in [1.54, 1.807) is 23.5 Å². The fourth-order valence-electron chi connectivity index (χ4n) is 4.06.